The summed E-state index contributed by atoms with van der Waals surface area (Å²) in [5.41, 5.74) is 3.52. The van der Waals surface area contributed by atoms with Crippen LogP contribution in [0.25, 0.3) is 11.0 Å². The lowest BCUT2D eigenvalue weighted by molar-refractivity contribution is 0.776. The van der Waals surface area contributed by atoms with Crippen molar-refractivity contribution in [2.45, 2.75) is 33.1 Å². The fourth-order valence-corrected chi connectivity index (χ4v) is 1.91. The van der Waals surface area contributed by atoms with Gasteiger partial charge in [0.05, 0.1) is 6.20 Å². The van der Waals surface area contributed by atoms with E-state index in [1.54, 1.807) is 0 Å². The largest absolute Gasteiger partial charge is 0.250 e. The molecule has 0 amide bonds. The molecule has 2 aromatic heterocycles. The molecule has 0 aliphatic carbocycles. The van der Waals surface area contributed by atoms with Gasteiger partial charge in [-0.15, -0.1) is 0 Å². The normalized spacial score (nSPS) is 11.5. The third-order valence-electron chi connectivity index (χ3n) is 2.78. The van der Waals surface area contributed by atoms with E-state index in [0.29, 0.717) is 5.92 Å². The molecule has 2 heterocycles. The van der Waals surface area contributed by atoms with Gasteiger partial charge in [-0.05, 0) is 24.0 Å². The van der Waals surface area contributed by atoms with Crippen LogP contribution in [-0.4, -0.2) is 14.8 Å². The summed E-state index contributed by atoms with van der Waals surface area (Å²) in [6.07, 6.45) is 2.86. The predicted molar refractivity (Wildman–Crippen MR) is 62.0 cm³/mol. The molecule has 0 N–H and O–H groups in total. The van der Waals surface area contributed by atoms with E-state index in [4.69, 9.17) is 0 Å². The average molecular weight is 203 g/mol. The van der Waals surface area contributed by atoms with Crippen molar-refractivity contribution in [3.8, 4) is 0 Å². The molecule has 3 heteroatoms. The summed E-state index contributed by atoms with van der Waals surface area (Å²) in [6, 6.07) is 2.22. The lowest BCUT2D eigenvalue weighted by atomic mass is 9.99. The summed E-state index contributed by atoms with van der Waals surface area (Å²) in [4.78, 5) is 4.67. The summed E-state index contributed by atoms with van der Waals surface area (Å²) < 4.78 is 1.83. The summed E-state index contributed by atoms with van der Waals surface area (Å²) >= 11 is 0. The molecule has 0 radical (unpaired) electrons. The Labute approximate surface area is 90.1 Å². The van der Waals surface area contributed by atoms with Crippen LogP contribution in [0.1, 0.15) is 37.9 Å². The van der Waals surface area contributed by atoms with Gasteiger partial charge in [-0.3, -0.25) is 4.68 Å². The van der Waals surface area contributed by atoms with Crippen LogP contribution in [-0.2, 0) is 13.5 Å². The maximum absolute atomic E-state index is 4.67. The monoisotopic (exact) mass is 203 g/mol. The Balaban J connectivity index is 2.71. The first-order valence-electron chi connectivity index (χ1n) is 5.45. The molecular formula is C12H17N3. The van der Waals surface area contributed by atoms with Crippen molar-refractivity contribution >= 4 is 11.0 Å². The first-order chi connectivity index (χ1) is 7.13. The second-order valence-corrected chi connectivity index (χ2v) is 4.21. The molecule has 0 saturated heterocycles. The van der Waals surface area contributed by atoms with Gasteiger partial charge in [-0.1, -0.05) is 20.8 Å². The molecular weight excluding hydrogens is 186 g/mol. The summed E-state index contributed by atoms with van der Waals surface area (Å²) in [7, 11) is 1.93. The van der Waals surface area contributed by atoms with Gasteiger partial charge >= 0.3 is 0 Å². The average Bonchev–Trinajstić information content (AvgIpc) is 2.58. The molecule has 15 heavy (non-hydrogen) atoms. The van der Waals surface area contributed by atoms with E-state index in [1.807, 2.05) is 17.9 Å². The van der Waals surface area contributed by atoms with Crippen LogP contribution in [0.15, 0.2) is 12.3 Å². The van der Waals surface area contributed by atoms with E-state index in [0.717, 1.165) is 17.5 Å². The molecule has 0 aromatic carbocycles. The summed E-state index contributed by atoms with van der Waals surface area (Å²) in [5, 5.41) is 5.36. The van der Waals surface area contributed by atoms with Gasteiger partial charge in [-0.25, -0.2) is 4.98 Å². The second-order valence-electron chi connectivity index (χ2n) is 4.21. The van der Waals surface area contributed by atoms with Gasteiger partial charge in [0.15, 0.2) is 5.65 Å². The van der Waals surface area contributed by atoms with Crippen LogP contribution in [0.5, 0.6) is 0 Å². The second kappa shape index (κ2) is 3.65. The highest BCUT2D eigenvalue weighted by Crippen LogP contribution is 2.23. The number of pyridine rings is 1. The lowest BCUT2D eigenvalue weighted by Gasteiger charge is -2.10. The van der Waals surface area contributed by atoms with Crippen LogP contribution in [0, 0.1) is 0 Å². The molecule has 2 aromatic rings. The highest BCUT2D eigenvalue weighted by molar-refractivity contribution is 5.75. The molecule has 0 fully saturated rings. The van der Waals surface area contributed by atoms with Gasteiger partial charge in [0.25, 0.3) is 0 Å². The van der Waals surface area contributed by atoms with Crippen molar-refractivity contribution in [1.29, 1.82) is 0 Å². The Morgan fingerprint density at radius 3 is 2.73 bits per heavy atom. The minimum atomic E-state index is 0.525. The van der Waals surface area contributed by atoms with Gasteiger partial charge in [0.1, 0.15) is 0 Å². The molecule has 0 bridgehead atoms. The fraction of sp³-hybridized carbons (Fsp3) is 0.500. The zero-order valence-corrected chi connectivity index (χ0v) is 9.78. The summed E-state index contributed by atoms with van der Waals surface area (Å²) in [6.45, 7) is 6.56. The van der Waals surface area contributed by atoms with Crippen molar-refractivity contribution in [3.63, 3.8) is 0 Å². The van der Waals surface area contributed by atoms with E-state index in [2.05, 4.69) is 36.9 Å². The molecule has 0 spiro atoms. The van der Waals surface area contributed by atoms with Gasteiger partial charge in [0.2, 0.25) is 0 Å². The highest BCUT2D eigenvalue weighted by Gasteiger charge is 2.10. The maximum Gasteiger partial charge on any atom is 0.157 e. The van der Waals surface area contributed by atoms with Crippen LogP contribution < -0.4 is 0 Å². The Morgan fingerprint density at radius 2 is 2.13 bits per heavy atom. The van der Waals surface area contributed by atoms with Gasteiger partial charge in [0, 0.05) is 18.1 Å². The molecule has 0 aliphatic rings. The number of fused-ring (bicyclic) bond motifs is 1. The third-order valence-corrected chi connectivity index (χ3v) is 2.78. The number of aromatic nitrogens is 3. The van der Waals surface area contributed by atoms with Crippen LogP contribution in [0.4, 0.5) is 0 Å². The summed E-state index contributed by atoms with van der Waals surface area (Å²) in [5.74, 6) is 0.525. The van der Waals surface area contributed by atoms with E-state index in [-0.39, 0.29) is 0 Å². The van der Waals surface area contributed by atoms with E-state index in [9.17, 15) is 0 Å². The lowest BCUT2D eigenvalue weighted by Crippen LogP contribution is -2.01. The predicted octanol–water partition coefficient (Wildman–Crippen LogP) is 2.65. The van der Waals surface area contributed by atoms with E-state index in [1.165, 1.54) is 11.3 Å². The first kappa shape index (κ1) is 10.1. The van der Waals surface area contributed by atoms with Crippen molar-refractivity contribution in [1.82, 2.24) is 14.8 Å². The maximum atomic E-state index is 4.67. The standard InChI is InChI=1S/C12H17N3/c1-5-11-10(8(2)3)6-9-7-13-15(4)12(9)14-11/h6-8H,5H2,1-4H3. The fourth-order valence-electron chi connectivity index (χ4n) is 1.91. The third kappa shape index (κ3) is 1.62. The van der Waals surface area contributed by atoms with Crippen LogP contribution in [0.3, 0.4) is 0 Å². The van der Waals surface area contributed by atoms with Crippen molar-refractivity contribution < 1.29 is 0 Å². The molecule has 0 aliphatic heterocycles. The quantitative estimate of drug-likeness (QED) is 0.751. The van der Waals surface area contributed by atoms with Crippen LogP contribution in [0.2, 0.25) is 0 Å². The number of hydrogen-bond acceptors (Lipinski definition) is 2. The Bertz CT molecular complexity index is 483. The number of hydrogen-bond donors (Lipinski definition) is 0. The zero-order valence-electron chi connectivity index (χ0n) is 9.78. The highest BCUT2D eigenvalue weighted by atomic mass is 15.3. The van der Waals surface area contributed by atoms with E-state index < -0.39 is 0 Å². The molecule has 2 rings (SSSR count). The smallest absolute Gasteiger partial charge is 0.157 e. The van der Waals surface area contributed by atoms with Crippen molar-refractivity contribution in [3.05, 3.63) is 23.5 Å². The van der Waals surface area contributed by atoms with Crippen LogP contribution >= 0.6 is 0 Å². The van der Waals surface area contributed by atoms with Crippen molar-refractivity contribution in [2.75, 3.05) is 0 Å². The van der Waals surface area contributed by atoms with Crippen molar-refractivity contribution in [2.24, 2.45) is 7.05 Å². The zero-order chi connectivity index (χ0) is 11.0. The number of rotatable bonds is 2. The number of nitrogens with zero attached hydrogens (tertiary/aromatic N) is 3. The van der Waals surface area contributed by atoms with E-state index >= 15 is 0 Å². The minimum Gasteiger partial charge on any atom is -0.250 e. The topological polar surface area (TPSA) is 30.7 Å². The Morgan fingerprint density at radius 1 is 1.40 bits per heavy atom. The SMILES string of the molecule is CCc1nc2c(cnn2C)cc1C(C)C. The Hall–Kier alpha value is -1.38. The molecule has 0 atom stereocenters. The first-order valence-corrected chi connectivity index (χ1v) is 5.45. The molecule has 80 valence electrons. The molecule has 0 unspecified atom stereocenters. The van der Waals surface area contributed by atoms with Gasteiger partial charge < -0.3 is 0 Å². The molecule has 0 saturated carbocycles. The minimum absolute atomic E-state index is 0.525. The Kier molecular flexibility index (Phi) is 2.47. The number of aryl methyl sites for hydroxylation is 2. The molecule has 3 nitrogen and oxygen atoms in total. The van der Waals surface area contributed by atoms with Gasteiger partial charge in [-0.2, -0.15) is 5.10 Å².